The predicted molar refractivity (Wildman–Crippen MR) is 72.0 cm³/mol. The largest absolute Gasteiger partial charge is 0.375 e. The van der Waals surface area contributed by atoms with Crippen LogP contribution in [0.2, 0.25) is 5.02 Å². The number of rotatable bonds is 2. The zero-order chi connectivity index (χ0) is 13.1. The second kappa shape index (κ2) is 5.69. The zero-order valence-electron chi connectivity index (χ0n) is 10.5. The summed E-state index contributed by atoms with van der Waals surface area (Å²) in [5.74, 6) is -0.0763. The first-order valence-corrected chi connectivity index (χ1v) is 6.38. The maximum Gasteiger partial charge on any atom is 0.244 e. The van der Waals surface area contributed by atoms with Crippen LogP contribution >= 0.6 is 11.6 Å². The smallest absolute Gasteiger partial charge is 0.244 e. The number of carbonyl (C=O) groups excluding carboxylic acids is 1. The monoisotopic (exact) mass is 268 g/mol. The first-order valence-electron chi connectivity index (χ1n) is 6.00. The summed E-state index contributed by atoms with van der Waals surface area (Å²) in [5.41, 5.74) is 1.73. The molecule has 1 aliphatic rings. The van der Waals surface area contributed by atoms with Crippen molar-refractivity contribution in [3.8, 4) is 0 Å². The number of morpholine rings is 1. The van der Waals surface area contributed by atoms with Gasteiger partial charge in [-0.2, -0.15) is 0 Å². The molecule has 0 saturated carbocycles. The van der Waals surface area contributed by atoms with Gasteiger partial charge in [-0.15, -0.1) is 0 Å². The third kappa shape index (κ3) is 3.02. The van der Waals surface area contributed by atoms with Gasteiger partial charge in [0.05, 0.1) is 12.7 Å². The lowest BCUT2D eigenvalue weighted by Gasteiger charge is -2.29. The highest BCUT2D eigenvalue weighted by molar-refractivity contribution is 6.30. The van der Waals surface area contributed by atoms with Crippen molar-refractivity contribution in [2.75, 3.05) is 18.5 Å². The number of carbonyl (C=O) groups is 1. The number of halogens is 1. The molecule has 1 saturated heterocycles. The van der Waals surface area contributed by atoms with Crippen molar-refractivity contribution in [3.63, 3.8) is 0 Å². The molecule has 18 heavy (non-hydrogen) atoms. The predicted octanol–water partition coefficient (Wildman–Crippen LogP) is 1.96. The lowest BCUT2D eigenvalue weighted by molar-refractivity contribution is -0.123. The van der Waals surface area contributed by atoms with Gasteiger partial charge in [0.2, 0.25) is 5.91 Å². The number of anilines is 1. The number of benzene rings is 1. The molecule has 1 amide bonds. The van der Waals surface area contributed by atoms with E-state index in [1.54, 1.807) is 6.07 Å². The molecule has 4 nitrogen and oxygen atoms in total. The van der Waals surface area contributed by atoms with E-state index in [0.29, 0.717) is 18.2 Å². The van der Waals surface area contributed by atoms with Gasteiger partial charge in [0.1, 0.15) is 6.04 Å². The molecule has 1 aliphatic heterocycles. The number of ether oxygens (including phenoxy) is 1. The number of aryl methyl sites for hydroxylation is 1. The highest BCUT2D eigenvalue weighted by Crippen LogP contribution is 2.20. The number of nitrogens with one attached hydrogen (secondary N) is 2. The molecule has 0 unspecified atom stereocenters. The minimum Gasteiger partial charge on any atom is -0.375 e. The highest BCUT2D eigenvalue weighted by atomic mass is 35.5. The van der Waals surface area contributed by atoms with Crippen molar-refractivity contribution in [2.24, 2.45) is 0 Å². The van der Waals surface area contributed by atoms with Gasteiger partial charge in [-0.3, -0.25) is 4.79 Å². The van der Waals surface area contributed by atoms with Crippen molar-refractivity contribution in [3.05, 3.63) is 28.8 Å². The lowest BCUT2D eigenvalue weighted by Crippen LogP contribution is -2.53. The Morgan fingerprint density at radius 2 is 2.33 bits per heavy atom. The number of hydrogen-bond donors (Lipinski definition) is 2. The standard InChI is InChI=1S/C13H17ClN2O2/c1-8-7-10(14)3-4-11(8)16-13(17)12-9(2)18-6-5-15-12/h3-4,7,9,12,15H,5-6H2,1-2H3,(H,16,17)/t9-,12+/m1/s1. The molecule has 2 rings (SSSR count). The molecule has 1 fully saturated rings. The molecule has 0 spiro atoms. The van der Waals surface area contributed by atoms with E-state index < -0.39 is 0 Å². The van der Waals surface area contributed by atoms with E-state index >= 15 is 0 Å². The van der Waals surface area contributed by atoms with E-state index in [1.165, 1.54) is 0 Å². The van der Waals surface area contributed by atoms with Crippen molar-refractivity contribution < 1.29 is 9.53 Å². The molecule has 1 aromatic carbocycles. The third-order valence-corrected chi connectivity index (χ3v) is 3.28. The lowest BCUT2D eigenvalue weighted by atomic mass is 10.1. The van der Waals surface area contributed by atoms with Crippen molar-refractivity contribution in [1.29, 1.82) is 0 Å². The fourth-order valence-corrected chi connectivity index (χ4v) is 2.23. The Morgan fingerprint density at radius 1 is 1.56 bits per heavy atom. The van der Waals surface area contributed by atoms with Gasteiger partial charge in [0.15, 0.2) is 0 Å². The van der Waals surface area contributed by atoms with Crippen LogP contribution < -0.4 is 10.6 Å². The van der Waals surface area contributed by atoms with Gasteiger partial charge in [-0.1, -0.05) is 11.6 Å². The Balaban J connectivity index is 2.06. The van der Waals surface area contributed by atoms with E-state index in [4.69, 9.17) is 16.3 Å². The summed E-state index contributed by atoms with van der Waals surface area (Å²) in [7, 11) is 0. The molecule has 2 N–H and O–H groups in total. The Labute approximate surface area is 112 Å². The summed E-state index contributed by atoms with van der Waals surface area (Å²) < 4.78 is 5.45. The summed E-state index contributed by atoms with van der Waals surface area (Å²) in [4.78, 5) is 12.1. The molecule has 1 heterocycles. The van der Waals surface area contributed by atoms with Crippen LogP contribution in [0, 0.1) is 6.92 Å². The molecular formula is C13H17ClN2O2. The number of hydrogen-bond acceptors (Lipinski definition) is 3. The SMILES string of the molecule is Cc1cc(Cl)ccc1NC(=O)[C@H]1NCCO[C@@H]1C. The van der Waals surface area contributed by atoms with Gasteiger partial charge >= 0.3 is 0 Å². The van der Waals surface area contributed by atoms with Gasteiger partial charge < -0.3 is 15.4 Å². The van der Waals surface area contributed by atoms with Crippen LogP contribution in [0.1, 0.15) is 12.5 Å². The van der Waals surface area contributed by atoms with Crippen LogP contribution in [0.3, 0.4) is 0 Å². The minimum atomic E-state index is -0.311. The van der Waals surface area contributed by atoms with Crippen LogP contribution in [0.15, 0.2) is 18.2 Å². The quantitative estimate of drug-likeness (QED) is 0.862. The Hall–Kier alpha value is -1.10. The molecule has 98 valence electrons. The second-order valence-corrected chi connectivity index (χ2v) is 4.89. The van der Waals surface area contributed by atoms with E-state index in [0.717, 1.165) is 11.3 Å². The molecule has 0 radical (unpaired) electrons. The van der Waals surface area contributed by atoms with Crippen molar-refractivity contribution in [2.45, 2.75) is 26.0 Å². The molecule has 0 bridgehead atoms. The number of amides is 1. The molecule has 0 aromatic heterocycles. The molecule has 0 aliphatic carbocycles. The maximum atomic E-state index is 12.1. The van der Waals surface area contributed by atoms with Crippen molar-refractivity contribution >= 4 is 23.2 Å². The van der Waals surface area contributed by atoms with Crippen LogP contribution in [-0.2, 0) is 9.53 Å². The van der Waals surface area contributed by atoms with Crippen LogP contribution in [0.5, 0.6) is 0 Å². The average molecular weight is 269 g/mol. The molecule has 1 aromatic rings. The summed E-state index contributed by atoms with van der Waals surface area (Å²) in [6.45, 7) is 5.15. The van der Waals surface area contributed by atoms with E-state index in [-0.39, 0.29) is 18.1 Å². The van der Waals surface area contributed by atoms with Crippen LogP contribution in [0.25, 0.3) is 0 Å². The van der Waals surface area contributed by atoms with Gasteiger partial charge in [-0.05, 0) is 37.6 Å². The third-order valence-electron chi connectivity index (χ3n) is 3.05. The molecular weight excluding hydrogens is 252 g/mol. The zero-order valence-corrected chi connectivity index (χ0v) is 11.3. The van der Waals surface area contributed by atoms with Crippen LogP contribution in [-0.4, -0.2) is 31.2 Å². The van der Waals surface area contributed by atoms with Gasteiger partial charge in [0.25, 0.3) is 0 Å². The molecule has 2 atom stereocenters. The maximum absolute atomic E-state index is 12.1. The minimum absolute atomic E-state index is 0.0763. The molecule has 5 heteroatoms. The average Bonchev–Trinajstić information content (AvgIpc) is 2.33. The first-order chi connectivity index (χ1) is 8.58. The summed E-state index contributed by atoms with van der Waals surface area (Å²) in [5, 5.41) is 6.72. The fourth-order valence-electron chi connectivity index (χ4n) is 2.01. The highest BCUT2D eigenvalue weighted by Gasteiger charge is 2.28. The topological polar surface area (TPSA) is 50.4 Å². The van der Waals surface area contributed by atoms with E-state index in [2.05, 4.69) is 10.6 Å². The fraction of sp³-hybridized carbons (Fsp3) is 0.462. The summed E-state index contributed by atoms with van der Waals surface area (Å²) in [6.07, 6.45) is -0.119. The Bertz CT molecular complexity index is 451. The second-order valence-electron chi connectivity index (χ2n) is 4.46. The Morgan fingerprint density at radius 3 is 3.00 bits per heavy atom. The van der Waals surface area contributed by atoms with Crippen molar-refractivity contribution in [1.82, 2.24) is 5.32 Å². The van der Waals surface area contributed by atoms with Gasteiger partial charge in [-0.25, -0.2) is 0 Å². The first kappa shape index (κ1) is 13.3. The van der Waals surface area contributed by atoms with E-state index in [9.17, 15) is 4.79 Å². The Kier molecular flexibility index (Phi) is 4.22. The van der Waals surface area contributed by atoms with Gasteiger partial charge in [0, 0.05) is 17.3 Å². The van der Waals surface area contributed by atoms with E-state index in [1.807, 2.05) is 26.0 Å². The summed E-state index contributed by atoms with van der Waals surface area (Å²) >= 11 is 5.88. The van der Waals surface area contributed by atoms with Crippen LogP contribution in [0.4, 0.5) is 5.69 Å². The summed E-state index contributed by atoms with van der Waals surface area (Å²) in [6, 6.07) is 5.09. The normalized spacial score (nSPS) is 23.7.